The van der Waals surface area contributed by atoms with Crippen LogP contribution in [0, 0.1) is 0 Å². The smallest absolute Gasteiger partial charge is 0.253 e. The minimum absolute atomic E-state index is 0.260. The van der Waals surface area contributed by atoms with E-state index < -0.39 is 5.54 Å². The molecule has 0 saturated heterocycles. The molecule has 0 aliphatic rings. The summed E-state index contributed by atoms with van der Waals surface area (Å²) in [5.41, 5.74) is 5.95. The number of amides is 1. The van der Waals surface area contributed by atoms with E-state index in [2.05, 4.69) is 5.32 Å². The maximum absolute atomic E-state index is 12.0. The second-order valence-electron chi connectivity index (χ2n) is 4.48. The number of nitrogen functional groups attached to an aromatic ring is 1. The minimum atomic E-state index is -0.459. The molecule has 0 unspecified atom stereocenters. The van der Waals surface area contributed by atoms with E-state index in [1.54, 1.807) is 25.3 Å². The van der Waals surface area contributed by atoms with Crippen molar-refractivity contribution >= 4 is 23.2 Å². The quantitative estimate of drug-likeness (QED) is 0.811. The Hall–Kier alpha value is -1.26. The highest BCUT2D eigenvalue weighted by Gasteiger charge is 2.22. The molecule has 1 rings (SSSR count). The van der Waals surface area contributed by atoms with Gasteiger partial charge in [-0.15, -0.1) is 0 Å². The van der Waals surface area contributed by atoms with Gasteiger partial charge < -0.3 is 15.8 Å². The number of carbonyl (C=O) groups excluding carboxylic acids is 1. The normalized spacial score (nSPS) is 11.3. The number of methoxy groups -OCH3 is 1. The average Bonchev–Trinajstić information content (AvgIpc) is 2.21. The van der Waals surface area contributed by atoms with Crippen molar-refractivity contribution in [3.05, 3.63) is 28.8 Å². The molecule has 0 radical (unpaired) electrons. The predicted octanol–water partition coefficient (Wildman–Crippen LogP) is 2.08. The summed E-state index contributed by atoms with van der Waals surface area (Å²) >= 11 is 5.98. The lowest BCUT2D eigenvalue weighted by atomic mass is 10.1. The van der Waals surface area contributed by atoms with Crippen molar-refractivity contribution in [1.82, 2.24) is 5.32 Å². The van der Waals surface area contributed by atoms with Crippen molar-refractivity contribution in [2.75, 3.05) is 19.5 Å². The summed E-state index contributed by atoms with van der Waals surface area (Å²) in [6.07, 6.45) is 0. The zero-order valence-electron chi connectivity index (χ0n) is 10.2. The highest BCUT2D eigenvalue weighted by molar-refractivity contribution is 6.36. The van der Waals surface area contributed by atoms with E-state index in [1.807, 2.05) is 13.8 Å². The standard InChI is InChI=1S/C12H17ClN2O2/c1-12(2,7-17-3)15-11(16)8-5-4-6-9(14)10(8)13/h4-6H,7,14H2,1-3H3,(H,15,16). The molecule has 4 nitrogen and oxygen atoms in total. The first-order valence-electron chi connectivity index (χ1n) is 5.23. The summed E-state index contributed by atoms with van der Waals surface area (Å²) in [6.45, 7) is 4.15. The maximum Gasteiger partial charge on any atom is 0.253 e. The molecule has 0 heterocycles. The van der Waals surface area contributed by atoms with Gasteiger partial charge in [0.2, 0.25) is 0 Å². The van der Waals surface area contributed by atoms with Crippen LogP contribution in [0.5, 0.6) is 0 Å². The van der Waals surface area contributed by atoms with E-state index in [4.69, 9.17) is 22.1 Å². The SMILES string of the molecule is COCC(C)(C)NC(=O)c1cccc(N)c1Cl. The van der Waals surface area contributed by atoms with Crippen LogP contribution in [-0.4, -0.2) is 25.2 Å². The topological polar surface area (TPSA) is 64.3 Å². The number of hydrogen-bond acceptors (Lipinski definition) is 3. The number of halogens is 1. The summed E-state index contributed by atoms with van der Waals surface area (Å²) in [7, 11) is 1.58. The number of anilines is 1. The Morgan fingerprint density at radius 2 is 2.18 bits per heavy atom. The van der Waals surface area contributed by atoms with Gasteiger partial charge in [-0.3, -0.25) is 4.79 Å². The first-order valence-corrected chi connectivity index (χ1v) is 5.60. The maximum atomic E-state index is 12.0. The summed E-state index contributed by atoms with van der Waals surface area (Å²) in [5, 5.41) is 3.11. The van der Waals surface area contributed by atoms with Gasteiger partial charge in [0, 0.05) is 7.11 Å². The fraction of sp³-hybridized carbons (Fsp3) is 0.417. The zero-order valence-corrected chi connectivity index (χ0v) is 11.0. The molecule has 1 aromatic carbocycles. The second kappa shape index (κ2) is 5.38. The molecule has 0 aliphatic carbocycles. The van der Waals surface area contributed by atoms with Crippen LogP contribution in [0.3, 0.4) is 0 Å². The lowest BCUT2D eigenvalue weighted by molar-refractivity contribution is 0.0820. The molecule has 94 valence electrons. The average molecular weight is 257 g/mol. The lowest BCUT2D eigenvalue weighted by Gasteiger charge is -2.25. The molecule has 0 aromatic heterocycles. The summed E-state index contributed by atoms with van der Waals surface area (Å²) < 4.78 is 5.02. The summed E-state index contributed by atoms with van der Waals surface area (Å²) in [5.74, 6) is -0.260. The molecule has 1 amide bonds. The van der Waals surface area contributed by atoms with Crippen LogP contribution in [0.2, 0.25) is 5.02 Å². The van der Waals surface area contributed by atoms with E-state index in [0.717, 1.165) is 0 Å². The Bertz CT molecular complexity index is 419. The van der Waals surface area contributed by atoms with Crippen molar-refractivity contribution in [2.45, 2.75) is 19.4 Å². The number of carbonyl (C=O) groups is 1. The number of benzene rings is 1. The molecule has 0 spiro atoms. The number of nitrogens with one attached hydrogen (secondary N) is 1. The van der Waals surface area contributed by atoms with Gasteiger partial charge in [0.25, 0.3) is 5.91 Å². The predicted molar refractivity (Wildman–Crippen MR) is 69.3 cm³/mol. The Balaban J connectivity index is 2.87. The summed E-state index contributed by atoms with van der Waals surface area (Å²) in [4.78, 5) is 12.0. The second-order valence-corrected chi connectivity index (χ2v) is 4.86. The van der Waals surface area contributed by atoms with Crippen LogP contribution in [0.25, 0.3) is 0 Å². The number of rotatable bonds is 4. The molecule has 0 fully saturated rings. The molecule has 0 aliphatic heterocycles. The van der Waals surface area contributed by atoms with Gasteiger partial charge in [-0.1, -0.05) is 17.7 Å². The minimum Gasteiger partial charge on any atom is -0.398 e. The molecule has 1 aromatic rings. The first kappa shape index (κ1) is 13.8. The van der Waals surface area contributed by atoms with Gasteiger partial charge in [-0.25, -0.2) is 0 Å². The van der Waals surface area contributed by atoms with Crippen LogP contribution in [0.4, 0.5) is 5.69 Å². The number of ether oxygens (including phenoxy) is 1. The zero-order chi connectivity index (χ0) is 13.1. The van der Waals surface area contributed by atoms with Gasteiger partial charge in [0.05, 0.1) is 28.4 Å². The van der Waals surface area contributed by atoms with Gasteiger partial charge >= 0.3 is 0 Å². The molecule has 0 atom stereocenters. The van der Waals surface area contributed by atoms with Gasteiger partial charge in [0.15, 0.2) is 0 Å². The third kappa shape index (κ3) is 3.61. The molecule has 0 saturated carbocycles. The van der Waals surface area contributed by atoms with Crippen molar-refractivity contribution in [1.29, 1.82) is 0 Å². The monoisotopic (exact) mass is 256 g/mol. The Morgan fingerprint density at radius 1 is 1.53 bits per heavy atom. The lowest BCUT2D eigenvalue weighted by Crippen LogP contribution is -2.46. The van der Waals surface area contributed by atoms with Crippen molar-refractivity contribution in [3.63, 3.8) is 0 Å². The first-order chi connectivity index (χ1) is 7.87. The molecule has 17 heavy (non-hydrogen) atoms. The van der Waals surface area contributed by atoms with Crippen molar-refractivity contribution < 1.29 is 9.53 Å². The molecule has 3 N–H and O–H groups in total. The Morgan fingerprint density at radius 3 is 2.76 bits per heavy atom. The van der Waals surface area contributed by atoms with Gasteiger partial charge in [-0.2, -0.15) is 0 Å². The van der Waals surface area contributed by atoms with Crippen molar-refractivity contribution in [3.8, 4) is 0 Å². The fourth-order valence-corrected chi connectivity index (χ4v) is 1.71. The summed E-state index contributed by atoms with van der Waals surface area (Å²) in [6, 6.07) is 4.98. The third-order valence-corrected chi connectivity index (χ3v) is 2.65. The number of hydrogen-bond donors (Lipinski definition) is 2. The molecule has 5 heteroatoms. The van der Waals surface area contributed by atoms with Crippen LogP contribution < -0.4 is 11.1 Å². The van der Waals surface area contributed by atoms with Gasteiger partial charge in [0.1, 0.15) is 0 Å². The van der Waals surface area contributed by atoms with Crippen molar-refractivity contribution in [2.24, 2.45) is 0 Å². The fourth-order valence-electron chi connectivity index (χ4n) is 1.50. The number of nitrogens with two attached hydrogens (primary N) is 1. The van der Waals surface area contributed by atoms with Crippen LogP contribution in [-0.2, 0) is 4.74 Å². The largest absolute Gasteiger partial charge is 0.398 e. The van der Waals surface area contributed by atoms with E-state index in [-0.39, 0.29) is 10.9 Å². The van der Waals surface area contributed by atoms with Crippen LogP contribution in [0.15, 0.2) is 18.2 Å². The van der Waals surface area contributed by atoms with E-state index in [9.17, 15) is 4.79 Å². The Kier molecular flexibility index (Phi) is 4.37. The van der Waals surface area contributed by atoms with E-state index in [1.165, 1.54) is 0 Å². The highest BCUT2D eigenvalue weighted by atomic mass is 35.5. The Labute approximate surface area is 106 Å². The van der Waals surface area contributed by atoms with Gasteiger partial charge in [-0.05, 0) is 26.0 Å². The van der Waals surface area contributed by atoms with Crippen LogP contribution in [0.1, 0.15) is 24.2 Å². The van der Waals surface area contributed by atoms with E-state index in [0.29, 0.717) is 17.9 Å². The van der Waals surface area contributed by atoms with Crippen LogP contribution >= 0.6 is 11.6 Å². The molecular formula is C12H17ClN2O2. The molecular weight excluding hydrogens is 240 g/mol. The highest BCUT2D eigenvalue weighted by Crippen LogP contribution is 2.23. The van der Waals surface area contributed by atoms with E-state index >= 15 is 0 Å². The molecule has 0 bridgehead atoms. The third-order valence-electron chi connectivity index (χ3n) is 2.23.